The first kappa shape index (κ1) is 20.4. The van der Waals surface area contributed by atoms with E-state index in [4.69, 9.17) is 0 Å². The number of para-hydroxylation sites is 1. The van der Waals surface area contributed by atoms with Gasteiger partial charge in [0.25, 0.3) is 0 Å². The first-order chi connectivity index (χ1) is 14.1. The maximum absolute atomic E-state index is 12.8. The van der Waals surface area contributed by atoms with E-state index in [-0.39, 0.29) is 5.91 Å². The molecule has 7 heteroatoms. The number of carbonyl (C=O) groups is 1. The summed E-state index contributed by atoms with van der Waals surface area (Å²) >= 11 is 1.50. The van der Waals surface area contributed by atoms with Crippen molar-refractivity contribution in [2.24, 2.45) is 11.8 Å². The third-order valence-corrected chi connectivity index (χ3v) is 6.74. The van der Waals surface area contributed by atoms with Crippen LogP contribution in [0.3, 0.4) is 0 Å². The van der Waals surface area contributed by atoms with E-state index in [0.29, 0.717) is 17.6 Å². The van der Waals surface area contributed by atoms with E-state index in [1.54, 1.807) is 0 Å². The number of benzene rings is 1. The number of carbonyl (C=O) groups excluding carboxylic acids is 1. The standard InChI is InChI=1S/C22H31N5OS/c1-17-12-18(2)14-26(13-17)21(28)16-29-22-24-23-20(15-25-10-6-7-11-25)27(22)19-8-4-3-5-9-19/h3-5,8-9,17-18H,6-7,10-16H2,1-2H3. The van der Waals surface area contributed by atoms with Gasteiger partial charge in [0, 0.05) is 18.8 Å². The van der Waals surface area contributed by atoms with Gasteiger partial charge in [0.15, 0.2) is 11.0 Å². The number of hydrogen-bond acceptors (Lipinski definition) is 5. The van der Waals surface area contributed by atoms with Gasteiger partial charge in [0.1, 0.15) is 0 Å². The molecule has 6 nitrogen and oxygen atoms in total. The van der Waals surface area contributed by atoms with Crippen molar-refractivity contribution in [2.45, 2.75) is 44.8 Å². The molecule has 2 saturated heterocycles. The van der Waals surface area contributed by atoms with Crippen molar-refractivity contribution < 1.29 is 4.79 Å². The molecule has 2 aliphatic heterocycles. The summed E-state index contributed by atoms with van der Waals surface area (Å²) in [5.74, 6) is 2.72. The summed E-state index contributed by atoms with van der Waals surface area (Å²) in [5, 5.41) is 9.76. The zero-order chi connectivity index (χ0) is 20.2. The molecule has 0 bridgehead atoms. The molecule has 2 aromatic rings. The fourth-order valence-corrected chi connectivity index (χ4v) is 5.43. The van der Waals surface area contributed by atoms with Gasteiger partial charge in [-0.2, -0.15) is 0 Å². The summed E-state index contributed by atoms with van der Waals surface area (Å²) in [5.41, 5.74) is 1.06. The number of piperidine rings is 1. The normalized spacial score (nSPS) is 22.9. The summed E-state index contributed by atoms with van der Waals surface area (Å²) in [7, 11) is 0. The second kappa shape index (κ2) is 9.30. The minimum absolute atomic E-state index is 0.206. The van der Waals surface area contributed by atoms with Crippen molar-refractivity contribution in [1.82, 2.24) is 24.6 Å². The molecule has 1 aromatic heterocycles. The SMILES string of the molecule is CC1CC(C)CN(C(=O)CSc2nnc(CN3CCCC3)n2-c2ccccc2)C1. The van der Waals surface area contributed by atoms with Crippen molar-refractivity contribution in [3.8, 4) is 5.69 Å². The molecule has 1 amide bonds. The predicted octanol–water partition coefficient (Wildman–Crippen LogP) is 3.46. The van der Waals surface area contributed by atoms with E-state index in [2.05, 4.69) is 45.6 Å². The zero-order valence-corrected chi connectivity index (χ0v) is 18.3. The van der Waals surface area contributed by atoms with Crippen LogP contribution in [0.2, 0.25) is 0 Å². The van der Waals surface area contributed by atoms with E-state index in [1.807, 2.05) is 23.1 Å². The van der Waals surface area contributed by atoms with Gasteiger partial charge in [-0.15, -0.1) is 10.2 Å². The zero-order valence-electron chi connectivity index (χ0n) is 17.5. The Balaban J connectivity index is 1.49. The Morgan fingerprint density at radius 2 is 1.76 bits per heavy atom. The van der Waals surface area contributed by atoms with Crippen LogP contribution in [0.5, 0.6) is 0 Å². The van der Waals surface area contributed by atoms with E-state index in [0.717, 1.165) is 49.4 Å². The van der Waals surface area contributed by atoms with Crippen molar-refractivity contribution in [3.05, 3.63) is 36.2 Å². The van der Waals surface area contributed by atoms with Gasteiger partial charge in [-0.05, 0) is 56.3 Å². The lowest BCUT2D eigenvalue weighted by Crippen LogP contribution is -2.43. The first-order valence-electron chi connectivity index (χ1n) is 10.7. The number of aromatic nitrogens is 3. The third-order valence-electron chi connectivity index (χ3n) is 5.82. The van der Waals surface area contributed by atoms with Crippen LogP contribution >= 0.6 is 11.8 Å². The lowest BCUT2D eigenvalue weighted by Gasteiger charge is -2.35. The highest BCUT2D eigenvalue weighted by molar-refractivity contribution is 7.99. The highest BCUT2D eigenvalue weighted by Crippen LogP contribution is 2.26. The minimum Gasteiger partial charge on any atom is -0.341 e. The Morgan fingerprint density at radius 3 is 2.45 bits per heavy atom. The van der Waals surface area contributed by atoms with Crippen LogP contribution in [-0.4, -0.2) is 62.4 Å². The molecule has 156 valence electrons. The molecule has 4 rings (SSSR count). The van der Waals surface area contributed by atoms with Crippen molar-refractivity contribution in [2.75, 3.05) is 31.9 Å². The maximum atomic E-state index is 12.8. The molecule has 3 heterocycles. The van der Waals surface area contributed by atoms with Gasteiger partial charge in [-0.25, -0.2) is 0 Å². The Bertz CT molecular complexity index is 808. The molecule has 0 N–H and O–H groups in total. The topological polar surface area (TPSA) is 54.3 Å². The maximum Gasteiger partial charge on any atom is 0.233 e. The average molecular weight is 414 g/mol. The highest BCUT2D eigenvalue weighted by atomic mass is 32.2. The van der Waals surface area contributed by atoms with Gasteiger partial charge < -0.3 is 4.90 Å². The fourth-order valence-electron chi connectivity index (χ4n) is 4.56. The lowest BCUT2D eigenvalue weighted by atomic mass is 9.92. The van der Waals surface area contributed by atoms with Crippen LogP contribution in [0.15, 0.2) is 35.5 Å². The van der Waals surface area contributed by atoms with Gasteiger partial charge in [-0.3, -0.25) is 14.3 Å². The van der Waals surface area contributed by atoms with Crippen LogP contribution in [0.1, 0.15) is 38.9 Å². The van der Waals surface area contributed by atoms with Crippen LogP contribution in [0.4, 0.5) is 0 Å². The number of likely N-dealkylation sites (tertiary alicyclic amines) is 2. The Kier molecular flexibility index (Phi) is 6.55. The molecule has 0 radical (unpaired) electrons. The van der Waals surface area contributed by atoms with E-state index >= 15 is 0 Å². The third kappa shape index (κ3) is 5.01. The predicted molar refractivity (Wildman–Crippen MR) is 116 cm³/mol. The number of rotatable bonds is 6. The Morgan fingerprint density at radius 1 is 1.07 bits per heavy atom. The summed E-state index contributed by atoms with van der Waals surface area (Å²) in [6, 6.07) is 10.2. The van der Waals surface area contributed by atoms with Crippen LogP contribution in [0, 0.1) is 11.8 Å². The quantitative estimate of drug-likeness (QED) is 0.679. The molecule has 2 aliphatic rings. The molecule has 2 atom stereocenters. The summed E-state index contributed by atoms with van der Waals surface area (Å²) < 4.78 is 2.12. The summed E-state index contributed by atoms with van der Waals surface area (Å²) in [6.45, 7) is 9.25. The largest absolute Gasteiger partial charge is 0.341 e. The molecule has 29 heavy (non-hydrogen) atoms. The average Bonchev–Trinajstić information content (AvgIpc) is 3.36. The summed E-state index contributed by atoms with van der Waals surface area (Å²) in [6.07, 6.45) is 3.71. The highest BCUT2D eigenvalue weighted by Gasteiger charge is 2.26. The summed E-state index contributed by atoms with van der Waals surface area (Å²) in [4.78, 5) is 17.3. The van der Waals surface area contributed by atoms with Crippen LogP contribution in [-0.2, 0) is 11.3 Å². The molecule has 2 fully saturated rings. The van der Waals surface area contributed by atoms with Crippen LogP contribution in [0.25, 0.3) is 5.69 Å². The molecule has 0 saturated carbocycles. The number of amides is 1. The van der Waals surface area contributed by atoms with E-state index in [9.17, 15) is 4.79 Å². The second-order valence-electron chi connectivity index (χ2n) is 8.59. The second-order valence-corrected chi connectivity index (χ2v) is 9.53. The first-order valence-corrected chi connectivity index (χ1v) is 11.7. The lowest BCUT2D eigenvalue weighted by molar-refractivity contribution is -0.130. The Hall–Kier alpha value is -1.86. The molecular weight excluding hydrogens is 382 g/mol. The van der Waals surface area contributed by atoms with Gasteiger partial charge in [-0.1, -0.05) is 43.8 Å². The molecule has 1 aromatic carbocycles. The number of nitrogens with zero attached hydrogens (tertiary/aromatic N) is 5. The van der Waals surface area contributed by atoms with Crippen molar-refractivity contribution in [1.29, 1.82) is 0 Å². The van der Waals surface area contributed by atoms with Crippen molar-refractivity contribution >= 4 is 17.7 Å². The smallest absolute Gasteiger partial charge is 0.233 e. The monoisotopic (exact) mass is 413 g/mol. The van der Waals surface area contributed by atoms with Crippen molar-refractivity contribution in [3.63, 3.8) is 0 Å². The molecule has 2 unspecified atom stereocenters. The van der Waals surface area contributed by atoms with Gasteiger partial charge in [0.05, 0.1) is 12.3 Å². The molecular formula is C22H31N5OS. The Labute approximate surface area is 177 Å². The number of hydrogen-bond donors (Lipinski definition) is 0. The fraction of sp³-hybridized carbons (Fsp3) is 0.591. The minimum atomic E-state index is 0.206. The van der Waals surface area contributed by atoms with E-state index in [1.165, 1.54) is 31.0 Å². The van der Waals surface area contributed by atoms with Gasteiger partial charge >= 0.3 is 0 Å². The molecule has 0 spiro atoms. The number of thioether (sulfide) groups is 1. The molecule has 0 aliphatic carbocycles. The van der Waals surface area contributed by atoms with Crippen LogP contribution < -0.4 is 0 Å². The van der Waals surface area contributed by atoms with E-state index < -0.39 is 0 Å². The van der Waals surface area contributed by atoms with Gasteiger partial charge in [0.2, 0.25) is 5.91 Å².